The molecular weight excluding hydrogens is 1510 g/mol. The Balaban J connectivity index is 0.000000245. The van der Waals surface area contributed by atoms with Gasteiger partial charge in [0, 0.05) is 89.4 Å². The molecule has 0 aliphatic rings. The Kier molecular flexibility index (Phi) is 31.6. The highest BCUT2D eigenvalue weighted by atomic mass is 35.5. The average molecular weight is 1570 g/mol. The molecule has 0 atom stereocenters. The number of hydrogen-bond donors (Lipinski definition) is 2. The van der Waals surface area contributed by atoms with E-state index in [1.165, 1.54) is 24.7 Å². The number of carbonyl (C=O) groups excluding carboxylic acids is 6. The van der Waals surface area contributed by atoms with Crippen molar-refractivity contribution in [2.24, 2.45) is 0 Å². The van der Waals surface area contributed by atoms with Crippen molar-refractivity contribution in [3.05, 3.63) is 182 Å². The molecule has 0 aliphatic heterocycles. The number of carbonyl (C=O) groups is 6. The van der Waals surface area contributed by atoms with Gasteiger partial charge in [0.05, 0.1) is 35.8 Å². The maximum Gasteiger partial charge on any atom is 0.332 e. The van der Waals surface area contributed by atoms with Crippen LogP contribution in [-0.2, 0) is 43.0 Å². The van der Waals surface area contributed by atoms with Crippen molar-refractivity contribution in [1.29, 1.82) is 0 Å². The molecule has 0 spiro atoms. The molecule has 0 bridgehead atoms. The maximum absolute atomic E-state index is 12.6. The first-order valence-electron chi connectivity index (χ1n) is 28.6. The number of nitrogens with zero attached hydrogens (tertiary/aromatic N) is 7. The smallest absolute Gasteiger partial charge is 0.332 e. The van der Waals surface area contributed by atoms with E-state index < -0.39 is 55.5 Å². The molecule has 3 N–H and O–H groups in total. The van der Waals surface area contributed by atoms with Gasteiger partial charge in [0.15, 0.2) is 27.0 Å². The molecule has 0 aliphatic carbocycles. The highest BCUT2D eigenvalue weighted by Crippen LogP contribution is 2.39. The Bertz CT molecular complexity index is 4270. The Morgan fingerprint density at radius 3 is 1.26 bits per heavy atom. The summed E-state index contributed by atoms with van der Waals surface area (Å²) in [6.45, 7) is 15.9. The van der Waals surface area contributed by atoms with Crippen LogP contribution in [0.4, 0.5) is 17.1 Å². The monoisotopic (exact) mass is 1570 g/mol. The Morgan fingerprint density at radius 1 is 0.515 bits per heavy atom. The van der Waals surface area contributed by atoms with Crippen molar-refractivity contribution in [2.45, 2.75) is 95.2 Å². The molecule has 21 nitrogen and oxygen atoms in total. The third-order valence-electron chi connectivity index (χ3n) is 11.4. The quantitative estimate of drug-likeness (QED) is 0.0173. The number of pyridine rings is 3. The van der Waals surface area contributed by atoms with Crippen LogP contribution in [-0.4, -0.2) is 92.2 Å². The van der Waals surface area contributed by atoms with Crippen LogP contribution in [0, 0.1) is 0 Å². The zero-order valence-electron chi connectivity index (χ0n) is 53.6. The minimum absolute atomic E-state index is 0.155. The summed E-state index contributed by atoms with van der Waals surface area (Å²) in [6.07, 6.45) is 10.2. The minimum atomic E-state index is -1.38. The van der Waals surface area contributed by atoms with Crippen molar-refractivity contribution >= 4 is 180 Å². The first-order chi connectivity index (χ1) is 46.4. The lowest BCUT2D eigenvalue weighted by atomic mass is 10.1. The summed E-state index contributed by atoms with van der Waals surface area (Å²) in [5.41, 5.74) is 10.4. The van der Waals surface area contributed by atoms with E-state index in [2.05, 4.69) is 35.7 Å². The number of halogens is 11. The lowest BCUT2D eigenvalue weighted by Gasteiger charge is -2.21. The number of amides is 1. The van der Waals surface area contributed by atoms with Crippen molar-refractivity contribution < 1.29 is 56.5 Å². The molecular formula is C67H60Cl11N9O12. The normalized spacial score (nSPS) is 11.3. The van der Waals surface area contributed by atoms with Gasteiger partial charge in [0.1, 0.15) is 63.7 Å². The van der Waals surface area contributed by atoms with E-state index in [9.17, 15) is 28.8 Å². The Hall–Kier alpha value is -7.77. The van der Waals surface area contributed by atoms with Gasteiger partial charge in [-0.05, 0) is 147 Å². The predicted octanol–water partition coefficient (Wildman–Crippen LogP) is 19.4. The van der Waals surface area contributed by atoms with E-state index >= 15 is 0 Å². The third-order valence-corrected chi connectivity index (χ3v) is 14.5. The number of rotatable bonds is 16. The van der Waals surface area contributed by atoms with Crippen LogP contribution in [0.25, 0.3) is 68.1 Å². The number of aldehydes is 1. The number of nitrogens with one attached hydrogen (secondary N) is 1. The number of aromatic nitrogens is 6. The number of alkyl halides is 4. The van der Waals surface area contributed by atoms with Crippen LogP contribution < -0.4 is 16.0 Å². The molecule has 0 saturated heterocycles. The number of hydrogen-bond acceptors (Lipinski definition) is 20. The molecule has 0 saturated carbocycles. The zero-order valence-corrected chi connectivity index (χ0v) is 62.0. The number of nitrogen functional groups attached to an aromatic ring is 1. The van der Waals surface area contributed by atoms with E-state index in [1.54, 1.807) is 163 Å². The number of esters is 3. The van der Waals surface area contributed by atoms with E-state index in [0.717, 1.165) is 11.0 Å². The molecule has 522 valence electrons. The van der Waals surface area contributed by atoms with Crippen molar-refractivity contribution in [3.8, 4) is 68.1 Å². The van der Waals surface area contributed by atoms with Crippen molar-refractivity contribution in [3.63, 3.8) is 0 Å². The summed E-state index contributed by atoms with van der Waals surface area (Å²) < 4.78 is 31.4. The van der Waals surface area contributed by atoms with Gasteiger partial charge in [-0.3, -0.25) is 34.2 Å². The molecule has 9 rings (SSSR count). The minimum Gasteiger partial charge on any atom is -0.460 e. The first kappa shape index (κ1) is 81.9. The number of anilines is 3. The van der Waals surface area contributed by atoms with E-state index in [0.29, 0.717) is 122 Å². The molecule has 1 amide bonds. The van der Waals surface area contributed by atoms with Gasteiger partial charge in [-0.1, -0.05) is 150 Å². The summed E-state index contributed by atoms with van der Waals surface area (Å²) in [4.78, 5) is 77.9. The predicted molar refractivity (Wildman–Crippen MR) is 389 cm³/mol. The van der Waals surface area contributed by atoms with Crippen LogP contribution in [0.3, 0.4) is 0 Å². The lowest BCUT2D eigenvalue weighted by Crippen LogP contribution is -2.31. The highest BCUT2D eigenvalue weighted by Gasteiger charge is 2.25. The number of nitrogens with two attached hydrogens (primary N) is 1. The van der Waals surface area contributed by atoms with Crippen LogP contribution in [0.2, 0.25) is 30.1 Å². The fraction of sp³-hybridized carbons (Fsp3) is 0.224. The van der Waals surface area contributed by atoms with Gasteiger partial charge >= 0.3 is 17.9 Å². The van der Waals surface area contributed by atoms with E-state index in [4.69, 9.17) is 161 Å². The molecule has 0 unspecified atom stereocenters. The van der Waals surface area contributed by atoms with E-state index in [-0.39, 0.29) is 6.42 Å². The Labute approximate surface area is 624 Å². The van der Waals surface area contributed by atoms with Gasteiger partial charge in [0.25, 0.3) is 11.1 Å². The van der Waals surface area contributed by atoms with Crippen molar-refractivity contribution in [1.82, 2.24) is 30.4 Å². The zero-order chi connectivity index (χ0) is 73.5. The fourth-order valence-electron chi connectivity index (χ4n) is 7.57. The Morgan fingerprint density at radius 2 is 0.889 bits per heavy atom. The summed E-state index contributed by atoms with van der Waals surface area (Å²) >= 11 is 63.4. The summed E-state index contributed by atoms with van der Waals surface area (Å²) in [7, 11) is 0. The van der Waals surface area contributed by atoms with Crippen LogP contribution in [0.15, 0.2) is 166 Å². The number of ether oxygens (including phenoxy) is 3. The van der Waals surface area contributed by atoms with Crippen molar-refractivity contribution in [2.75, 3.05) is 16.0 Å². The molecule has 9 aromatic rings. The van der Waals surface area contributed by atoms with Crippen LogP contribution in [0.5, 0.6) is 0 Å². The fourth-order valence-corrected chi connectivity index (χ4v) is 9.55. The molecule has 0 radical (unpaired) electrons. The largest absolute Gasteiger partial charge is 0.460 e. The topological polar surface area (TPSA) is 288 Å². The maximum atomic E-state index is 12.6. The van der Waals surface area contributed by atoms with Gasteiger partial charge in [-0.2, -0.15) is 0 Å². The summed E-state index contributed by atoms with van der Waals surface area (Å²) in [5, 5.41) is 17.1. The SMILES string of the molecule is CC(C)(C)OC(=O)C=CN(C(=O)C(Cl)Cl)c1ccnc(-c2cc(-c3c(Cl)cccc3Cl)no2)c1.CC(C)(C)OC(=O)C=CNc1ccnc(-c2cc(-c3c(Cl)cccc3Cl)no2)c1.CC(C)(C)OC(=O)CC=O.Nc1ccnc(-c2cc(-c3c(Cl)cccc3Cl)no2)c1.O=C(Cl)C(Cl)Cl. The molecule has 99 heavy (non-hydrogen) atoms. The second kappa shape index (κ2) is 38.1. The molecule has 6 aromatic heterocycles. The molecule has 6 heterocycles. The molecule has 3 aromatic carbocycles. The lowest BCUT2D eigenvalue weighted by molar-refractivity contribution is -0.155. The average Bonchev–Trinajstić information content (AvgIpc) is 1.72. The highest BCUT2D eigenvalue weighted by molar-refractivity contribution is 6.75. The standard InChI is InChI=1S/C23H19Cl4N3O4.C21H19Cl2N3O3.C14H9Cl2N3O.C7H12O3.C2HCl3O/c1-23(2,3)33-19(31)8-10-30(22(32)21(26)27)13-7-9-28-16(11-13)18-12-17(29-34-18)20-14(24)5-4-6-15(20)25;1-21(2,3)28-19(27)8-10-24-13-7-9-25-16(11-13)18-12-17(26-29-18)20-14(22)5-4-6-15(20)23;15-9-2-1-3-10(16)14(9)12-7-13(20-19-12)11-6-8(17)4-5-18-11;1-7(2,3)10-6(9)4-5-8;3-1(4)2(5)6/h4-12,21H,1-3H3;4-12H,1-3H3,(H,24,25);1-7H,(H2,17,18);5H,4H2,1-3H3;1H. The van der Waals surface area contributed by atoms with Gasteiger partial charge in [0.2, 0.25) is 0 Å². The summed E-state index contributed by atoms with van der Waals surface area (Å²) in [5.74, 6) is -0.972. The second-order valence-electron chi connectivity index (χ2n) is 22.8. The molecule has 0 fully saturated rings. The molecule has 32 heteroatoms. The van der Waals surface area contributed by atoms with Gasteiger partial charge in [-0.15, -0.1) is 0 Å². The first-order valence-corrected chi connectivity index (χ1v) is 33.0. The van der Waals surface area contributed by atoms with Gasteiger partial charge in [-0.25, -0.2) is 9.59 Å². The summed E-state index contributed by atoms with van der Waals surface area (Å²) in [6, 6.07) is 30.7. The number of benzene rings is 3. The van der Waals surface area contributed by atoms with Gasteiger partial charge < -0.3 is 43.6 Å². The second-order valence-corrected chi connectivity index (χ2v) is 27.8. The van der Waals surface area contributed by atoms with Crippen LogP contribution in [0.1, 0.15) is 68.7 Å². The van der Waals surface area contributed by atoms with E-state index in [1.807, 2.05) is 20.8 Å². The third kappa shape index (κ3) is 27.4. The van der Waals surface area contributed by atoms with Crippen LogP contribution >= 0.6 is 128 Å².